The molecule has 0 saturated carbocycles. The number of rotatable bonds is 3. The number of fused-ring (bicyclic) bond motifs is 1. The molecule has 3 heteroatoms. The van der Waals surface area contributed by atoms with E-state index in [1.165, 1.54) is 5.56 Å². The smallest absolute Gasteiger partial charge is 0.166 e. The Kier molecular flexibility index (Phi) is 5.29. The molecule has 3 rings (SSSR count). The third-order valence-electron chi connectivity index (χ3n) is 3.41. The first kappa shape index (κ1) is 15.0. The first-order chi connectivity index (χ1) is 10.2. The minimum absolute atomic E-state index is 0.459. The minimum Gasteiger partial charge on any atom is -0.352 e. The van der Waals surface area contributed by atoms with Crippen LogP contribution in [0.2, 0.25) is 0 Å². The molecule has 2 aromatic carbocycles. The number of carbonyl (C=O) groups is 1. The fourth-order valence-corrected chi connectivity index (χ4v) is 2.07. The molecule has 0 aliphatic heterocycles. The number of nitrogens with one attached hydrogen (secondary N) is 2. The molecule has 0 saturated heterocycles. The van der Waals surface area contributed by atoms with Crippen LogP contribution in [-0.4, -0.2) is 18.3 Å². The quantitative estimate of drug-likeness (QED) is 0.714. The molecule has 1 aromatic heterocycles. The second-order valence-electron chi connectivity index (χ2n) is 4.85. The average Bonchev–Trinajstić information content (AvgIpc) is 2.98. The fraction of sp³-hybridized carbons (Fsp3) is 0.167. The van der Waals surface area contributed by atoms with E-state index in [4.69, 9.17) is 0 Å². The van der Waals surface area contributed by atoms with Crippen molar-refractivity contribution in [3.63, 3.8) is 0 Å². The van der Waals surface area contributed by atoms with Crippen LogP contribution in [0.5, 0.6) is 0 Å². The van der Waals surface area contributed by atoms with E-state index in [0.717, 1.165) is 17.2 Å². The second-order valence-corrected chi connectivity index (χ2v) is 4.85. The summed E-state index contributed by atoms with van der Waals surface area (Å²) in [6, 6.07) is 20.5. The van der Waals surface area contributed by atoms with Crippen LogP contribution in [0.15, 0.2) is 60.7 Å². The van der Waals surface area contributed by atoms with Gasteiger partial charge in [-0.05, 0) is 31.7 Å². The van der Waals surface area contributed by atoms with E-state index in [0.29, 0.717) is 11.7 Å². The van der Waals surface area contributed by atoms with Crippen molar-refractivity contribution in [1.29, 1.82) is 0 Å². The van der Waals surface area contributed by atoms with Gasteiger partial charge in [0.1, 0.15) is 0 Å². The highest BCUT2D eigenvalue weighted by molar-refractivity contribution is 5.87. The van der Waals surface area contributed by atoms with Gasteiger partial charge in [0.05, 0.1) is 5.69 Å². The van der Waals surface area contributed by atoms with Gasteiger partial charge in [-0.15, -0.1) is 0 Å². The molecular formula is C18H20N2O. The Labute approximate surface area is 125 Å². The van der Waals surface area contributed by atoms with Gasteiger partial charge in [-0.3, -0.25) is 4.79 Å². The SMILES string of the molecule is CNC(C)c1ccccc1.O=Cc1cc2ccccc2[nH]1. The van der Waals surface area contributed by atoms with Crippen molar-refractivity contribution in [3.8, 4) is 0 Å². The molecule has 0 aliphatic rings. The Morgan fingerprint density at radius 3 is 2.33 bits per heavy atom. The molecule has 108 valence electrons. The minimum atomic E-state index is 0.459. The largest absolute Gasteiger partial charge is 0.352 e. The van der Waals surface area contributed by atoms with Gasteiger partial charge in [0, 0.05) is 16.9 Å². The van der Waals surface area contributed by atoms with Gasteiger partial charge in [0.25, 0.3) is 0 Å². The maximum absolute atomic E-state index is 10.3. The molecule has 3 aromatic rings. The molecule has 3 nitrogen and oxygen atoms in total. The molecule has 0 radical (unpaired) electrons. The zero-order chi connectivity index (χ0) is 15.1. The first-order valence-electron chi connectivity index (χ1n) is 6.99. The molecule has 0 bridgehead atoms. The van der Waals surface area contributed by atoms with Gasteiger partial charge >= 0.3 is 0 Å². The van der Waals surface area contributed by atoms with E-state index in [1.54, 1.807) is 0 Å². The maximum atomic E-state index is 10.3. The third-order valence-corrected chi connectivity index (χ3v) is 3.41. The number of para-hydroxylation sites is 1. The molecule has 2 N–H and O–H groups in total. The number of aromatic amines is 1. The van der Waals surface area contributed by atoms with Crippen LogP contribution in [-0.2, 0) is 0 Å². The Morgan fingerprint density at radius 2 is 1.71 bits per heavy atom. The number of aldehydes is 1. The maximum Gasteiger partial charge on any atom is 0.166 e. The van der Waals surface area contributed by atoms with Crippen molar-refractivity contribution in [2.24, 2.45) is 0 Å². The standard InChI is InChI=1S/C9H7NO.C9H13N/c11-6-8-5-7-3-1-2-4-9(7)10-8;1-8(10-2)9-6-4-3-5-7-9/h1-6,10H;3-8,10H,1-2H3. The van der Waals surface area contributed by atoms with E-state index in [2.05, 4.69) is 41.5 Å². The molecule has 0 aliphatic carbocycles. The fourth-order valence-electron chi connectivity index (χ4n) is 2.07. The van der Waals surface area contributed by atoms with Crippen molar-refractivity contribution in [1.82, 2.24) is 10.3 Å². The van der Waals surface area contributed by atoms with E-state index in [9.17, 15) is 4.79 Å². The summed E-state index contributed by atoms with van der Waals surface area (Å²) in [5.74, 6) is 0. The lowest BCUT2D eigenvalue weighted by atomic mass is 10.1. The van der Waals surface area contributed by atoms with Crippen LogP contribution in [0.25, 0.3) is 10.9 Å². The number of benzene rings is 2. The summed E-state index contributed by atoms with van der Waals surface area (Å²) in [5, 5.41) is 4.26. The van der Waals surface area contributed by atoms with Crippen LogP contribution >= 0.6 is 0 Å². The van der Waals surface area contributed by atoms with E-state index in [1.807, 2.05) is 43.4 Å². The monoisotopic (exact) mass is 280 g/mol. The summed E-state index contributed by atoms with van der Waals surface area (Å²) in [6.45, 7) is 2.15. The van der Waals surface area contributed by atoms with Gasteiger partial charge in [-0.1, -0.05) is 48.5 Å². The Hall–Kier alpha value is -2.39. The number of aromatic nitrogens is 1. The molecule has 21 heavy (non-hydrogen) atoms. The van der Waals surface area contributed by atoms with Crippen molar-refractivity contribution in [2.75, 3.05) is 7.05 Å². The van der Waals surface area contributed by atoms with Crippen LogP contribution in [0, 0.1) is 0 Å². The predicted octanol–water partition coefficient (Wildman–Crippen LogP) is 3.95. The molecule has 0 fully saturated rings. The van der Waals surface area contributed by atoms with Crippen LogP contribution in [0.3, 0.4) is 0 Å². The van der Waals surface area contributed by atoms with Crippen molar-refractivity contribution in [2.45, 2.75) is 13.0 Å². The van der Waals surface area contributed by atoms with Crippen molar-refractivity contribution >= 4 is 17.2 Å². The summed E-state index contributed by atoms with van der Waals surface area (Å²) in [6.07, 6.45) is 0.819. The van der Waals surface area contributed by atoms with E-state index in [-0.39, 0.29) is 0 Å². The van der Waals surface area contributed by atoms with Crippen LogP contribution in [0.4, 0.5) is 0 Å². The summed E-state index contributed by atoms with van der Waals surface area (Å²) in [7, 11) is 1.97. The lowest BCUT2D eigenvalue weighted by Gasteiger charge is -2.08. The highest BCUT2D eigenvalue weighted by Gasteiger charge is 1.98. The Morgan fingerprint density at radius 1 is 1.05 bits per heavy atom. The number of hydrogen-bond acceptors (Lipinski definition) is 2. The zero-order valence-corrected chi connectivity index (χ0v) is 12.3. The second kappa shape index (κ2) is 7.41. The summed E-state index contributed by atoms with van der Waals surface area (Å²) >= 11 is 0. The Balaban J connectivity index is 0.000000155. The van der Waals surface area contributed by atoms with Crippen molar-refractivity contribution < 1.29 is 4.79 Å². The molecule has 1 unspecified atom stereocenters. The predicted molar refractivity (Wildman–Crippen MR) is 87.6 cm³/mol. The lowest BCUT2D eigenvalue weighted by molar-refractivity contribution is 0.112. The summed E-state index contributed by atoms with van der Waals surface area (Å²) in [4.78, 5) is 13.3. The molecule has 0 amide bonds. The highest BCUT2D eigenvalue weighted by Crippen LogP contribution is 2.12. The Bertz CT molecular complexity index is 656. The third kappa shape index (κ3) is 4.04. The molecular weight excluding hydrogens is 260 g/mol. The van der Waals surface area contributed by atoms with Crippen LogP contribution in [0.1, 0.15) is 29.0 Å². The highest BCUT2D eigenvalue weighted by atomic mass is 16.1. The summed E-state index contributed by atoms with van der Waals surface area (Å²) in [5.41, 5.74) is 2.98. The topological polar surface area (TPSA) is 44.9 Å². The lowest BCUT2D eigenvalue weighted by Crippen LogP contribution is -2.11. The van der Waals surface area contributed by atoms with E-state index >= 15 is 0 Å². The van der Waals surface area contributed by atoms with Gasteiger partial charge < -0.3 is 10.3 Å². The van der Waals surface area contributed by atoms with Gasteiger partial charge in [-0.25, -0.2) is 0 Å². The van der Waals surface area contributed by atoms with Crippen LogP contribution < -0.4 is 5.32 Å². The van der Waals surface area contributed by atoms with Gasteiger partial charge in [-0.2, -0.15) is 0 Å². The summed E-state index contributed by atoms with van der Waals surface area (Å²) < 4.78 is 0. The molecule has 0 spiro atoms. The average molecular weight is 280 g/mol. The first-order valence-corrected chi connectivity index (χ1v) is 6.99. The number of carbonyl (C=O) groups excluding carboxylic acids is 1. The normalized spacial score (nSPS) is 11.5. The zero-order valence-electron chi connectivity index (χ0n) is 12.3. The van der Waals surface area contributed by atoms with E-state index < -0.39 is 0 Å². The van der Waals surface area contributed by atoms with Gasteiger partial charge in [0.2, 0.25) is 0 Å². The van der Waals surface area contributed by atoms with Crippen molar-refractivity contribution in [3.05, 3.63) is 71.9 Å². The molecule has 1 atom stereocenters. The van der Waals surface area contributed by atoms with Gasteiger partial charge in [0.15, 0.2) is 6.29 Å². The number of hydrogen-bond donors (Lipinski definition) is 2. The number of H-pyrrole nitrogens is 1. The molecule has 1 heterocycles.